The van der Waals surface area contributed by atoms with Gasteiger partial charge in [-0.15, -0.1) is 11.8 Å². The SMILES string of the molecule is Cc1ccc(SCC(=O)N(C)C)cc1C(=O)O. The van der Waals surface area contributed by atoms with E-state index < -0.39 is 5.97 Å². The number of thioether (sulfide) groups is 1. The molecule has 92 valence electrons. The van der Waals surface area contributed by atoms with Crippen molar-refractivity contribution in [1.82, 2.24) is 4.90 Å². The summed E-state index contributed by atoms with van der Waals surface area (Å²) in [6, 6.07) is 5.19. The number of amides is 1. The van der Waals surface area contributed by atoms with Gasteiger partial charge < -0.3 is 10.0 Å². The second-order valence-electron chi connectivity index (χ2n) is 3.86. The Morgan fingerprint density at radius 3 is 2.53 bits per heavy atom. The minimum atomic E-state index is -0.941. The van der Waals surface area contributed by atoms with Crippen LogP contribution in [0.15, 0.2) is 23.1 Å². The van der Waals surface area contributed by atoms with Gasteiger partial charge in [0.25, 0.3) is 0 Å². The van der Waals surface area contributed by atoms with Gasteiger partial charge in [-0.05, 0) is 24.6 Å². The number of rotatable bonds is 4. The van der Waals surface area contributed by atoms with Gasteiger partial charge in [-0.2, -0.15) is 0 Å². The van der Waals surface area contributed by atoms with Crippen molar-refractivity contribution in [3.05, 3.63) is 29.3 Å². The number of carboxylic acids is 1. The number of aryl methyl sites for hydroxylation is 1. The lowest BCUT2D eigenvalue weighted by molar-refractivity contribution is -0.125. The number of carboxylic acid groups (broad SMARTS) is 1. The maximum Gasteiger partial charge on any atom is 0.335 e. The van der Waals surface area contributed by atoms with E-state index >= 15 is 0 Å². The van der Waals surface area contributed by atoms with Crippen molar-refractivity contribution in [1.29, 1.82) is 0 Å². The fraction of sp³-hybridized carbons (Fsp3) is 0.333. The number of hydrogen-bond donors (Lipinski definition) is 1. The highest BCUT2D eigenvalue weighted by Crippen LogP contribution is 2.21. The van der Waals surface area contributed by atoms with E-state index in [4.69, 9.17) is 5.11 Å². The second-order valence-corrected chi connectivity index (χ2v) is 4.91. The Kier molecular flexibility index (Phi) is 4.57. The first-order valence-corrected chi connectivity index (χ1v) is 6.07. The number of hydrogen-bond acceptors (Lipinski definition) is 3. The molecule has 1 amide bonds. The van der Waals surface area contributed by atoms with E-state index in [1.165, 1.54) is 16.7 Å². The van der Waals surface area contributed by atoms with Gasteiger partial charge in [0, 0.05) is 19.0 Å². The first-order valence-electron chi connectivity index (χ1n) is 5.08. The molecule has 0 aromatic heterocycles. The smallest absolute Gasteiger partial charge is 0.335 e. The van der Waals surface area contributed by atoms with Gasteiger partial charge in [-0.25, -0.2) is 4.79 Å². The van der Waals surface area contributed by atoms with Gasteiger partial charge in [0.2, 0.25) is 5.91 Å². The van der Waals surface area contributed by atoms with Crippen LogP contribution in [0.3, 0.4) is 0 Å². The lowest BCUT2D eigenvalue weighted by Crippen LogP contribution is -2.23. The molecule has 5 heteroatoms. The van der Waals surface area contributed by atoms with Gasteiger partial charge in [0.05, 0.1) is 11.3 Å². The Morgan fingerprint density at radius 2 is 2.00 bits per heavy atom. The predicted molar refractivity (Wildman–Crippen MR) is 67.6 cm³/mol. The molecular formula is C12H15NO3S. The third kappa shape index (κ3) is 3.78. The highest BCUT2D eigenvalue weighted by atomic mass is 32.2. The van der Waals surface area contributed by atoms with E-state index in [-0.39, 0.29) is 11.5 Å². The van der Waals surface area contributed by atoms with Crippen LogP contribution in [0, 0.1) is 6.92 Å². The van der Waals surface area contributed by atoms with E-state index in [0.29, 0.717) is 5.75 Å². The van der Waals surface area contributed by atoms with Crippen molar-refractivity contribution in [2.45, 2.75) is 11.8 Å². The van der Waals surface area contributed by atoms with Gasteiger partial charge >= 0.3 is 5.97 Å². The zero-order valence-electron chi connectivity index (χ0n) is 10.1. The maximum atomic E-state index is 11.4. The number of benzene rings is 1. The highest BCUT2D eigenvalue weighted by molar-refractivity contribution is 8.00. The monoisotopic (exact) mass is 253 g/mol. The van der Waals surface area contributed by atoms with Crippen LogP contribution in [0.1, 0.15) is 15.9 Å². The molecule has 0 radical (unpaired) electrons. The summed E-state index contributed by atoms with van der Waals surface area (Å²) in [6.45, 7) is 1.75. The van der Waals surface area contributed by atoms with E-state index in [2.05, 4.69) is 0 Å². The minimum absolute atomic E-state index is 0.00690. The first-order chi connectivity index (χ1) is 7.91. The average molecular weight is 253 g/mol. The molecule has 0 aliphatic rings. The Balaban J connectivity index is 2.76. The van der Waals surface area contributed by atoms with E-state index in [1.807, 2.05) is 6.07 Å². The van der Waals surface area contributed by atoms with Gasteiger partial charge in [0.1, 0.15) is 0 Å². The fourth-order valence-electron chi connectivity index (χ4n) is 1.20. The van der Waals surface area contributed by atoms with Crippen molar-refractivity contribution < 1.29 is 14.7 Å². The van der Waals surface area contributed by atoms with Gasteiger partial charge in [0.15, 0.2) is 0 Å². The lowest BCUT2D eigenvalue weighted by atomic mass is 10.1. The van der Waals surface area contributed by atoms with E-state index in [9.17, 15) is 9.59 Å². The molecule has 0 fully saturated rings. The number of nitrogens with zero attached hydrogens (tertiary/aromatic N) is 1. The summed E-state index contributed by atoms with van der Waals surface area (Å²) in [7, 11) is 3.39. The first kappa shape index (κ1) is 13.6. The number of aromatic carboxylic acids is 1. The quantitative estimate of drug-likeness (QED) is 0.832. The highest BCUT2D eigenvalue weighted by Gasteiger charge is 2.10. The van der Waals surface area contributed by atoms with E-state index in [0.717, 1.165) is 10.5 Å². The average Bonchev–Trinajstić information content (AvgIpc) is 2.26. The molecule has 4 nitrogen and oxygen atoms in total. The minimum Gasteiger partial charge on any atom is -0.478 e. The zero-order chi connectivity index (χ0) is 13.0. The number of carbonyl (C=O) groups is 2. The summed E-state index contributed by atoms with van der Waals surface area (Å²) in [4.78, 5) is 24.6. The van der Waals surface area contributed by atoms with Crippen LogP contribution in [0.25, 0.3) is 0 Å². The van der Waals surface area contributed by atoms with Crippen LogP contribution in [0.4, 0.5) is 0 Å². The van der Waals surface area contributed by atoms with Crippen molar-refractivity contribution >= 4 is 23.6 Å². The molecule has 1 N–H and O–H groups in total. The summed E-state index contributed by atoms with van der Waals surface area (Å²) in [5.74, 6) is -0.619. The van der Waals surface area contributed by atoms with Crippen LogP contribution < -0.4 is 0 Å². The lowest BCUT2D eigenvalue weighted by Gasteiger charge is -2.10. The maximum absolute atomic E-state index is 11.4. The Hall–Kier alpha value is -1.49. The van der Waals surface area contributed by atoms with Crippen LogP contribution >= 0.6 is 11.8 Å². The molecule has 0 heterocycles. The Labute approximate surface area is 105 Å². The molecule has 0 atom stereocenters. The van der Waals surface area contributed by atoms with Crippen molar-refractivity contribution in [3.8, 4) is 0 Å². The van der Waals surface area contributed by atoms with Crippen LogP contribution in [-0.2, 0) is 4.79 Å². The molecule has 17 heavy (non-hydrogen) atoms. The summed E-state index contributed by atoms with van der Waals surface area (Å²) in [5, 5.41) is 8.97. The second kappa shape index (κ2) is 5.72. The molecule has 0 saturated heterocycles. The molecule has 0 spiro atoms. The molecule has 1 rings (SSSR count). The third-order valence-corrected chi connectivity index (χ3v) is 3.28. The summed E-state index contributed by atoms with van der Waals surface area (Å²) >= 11 is 1.34. The van der Waals surface area contributed by atoms with Gasteiger partial charge in [-0.1, -0.05) is 6.07 Å². The van der Waals surface area contributed by atoms with E-state index in [1.54, 1.807) is 33.2 Å². The van der Waals surface area contributed by atoms with Gasteiger partial charge in [-0.3, -0.25) is 4.79 Å². The molecule has 0 saturated carbocycles. The molecule has 0 unspecified atom stereocenters. The van der Waals surface area contributed by atoms with Crippen LogP contribution in [0.2, 0.25) is 0 Å². The molecule has 1 aromatic rings. The topological polar surface area (TPSA) is 57.6 Å². The Morgan fingerprint density at radius 1 is 1.35 bits per heavy atom. The van der Waals surface area contributed by atoms with Crippen LogP contribution in [0.5, 0.6) is 0 Å². The third-order valence-electron chi connectivity index (χ3n) is 2.30. The number of carbonyl (C=O) groups excluding carboxylic acids is 1. The normalized spacial score (nSPS) is 10.1. The standard InChI is InChI=1S/C12H15NO3S/c1-8-4-5-9(6-10(8)12(15)16)17-7-11(14)13(2)3/h4-6H,7H2,1-3H3,(H,15,16). The molecule has 1 aromatic carbocycles. The summed E-state index contributed by atoms with van der Waals surface area (Å²) in [6.07, 6.45) is 0. The molecule has 0 aliphatic carbocycles. The molecule has 0 aliphatic heterocycles. The molecular weight excluding hydrogens is 238 g/mol. The fourth-order valence-corrected chi connectivity index (χ4v) is 2.11. The van der Waals surface area contributed by atoms with Crippen molar-refractivity contribution in [3.63, 3.8) is 0 Å². The zero-order valence-corrected chi connectivity index (χ0v) is 10.9. The summed E-state index contributed by atoms with van der Waals surface area (Å²) < 4.78 is 0. The largest absolute Gasteiger partial charge is 0.478 e. The molecule has 0 bridgehead atoms. The van der Waals surface area contributed by atoms with Crippen molar-refractivity contribution in [2.24, 2.45) is 0 Å². The Bertz CT molecular complexity index is 443. The summed E-state index contributed by atoms with van der Waals surface area (Å²) in [5.41, 5.74) is 1.01. The van der Waals surface area contributed by atoms with Crippen molar-refractivity contribution in [2.75, 3.05) is 19.8 Å². The predicted octanol–water partition coefficient (Wildman–Crippen LogP) is 1.87. The van der Waals surface area contributed by atoms with Crippen LogP contribution in [-0.4, -0.2) is 41.7 Å².